The van der Waals surface area contributed by atoms with Crippen LogP contribution in [0, 0.1) is 11.3 Å². The van der Waals surface area contributed by atoms with Gasteiger partial charge < -0.3 is 9.47 Å². The average Bonchev–Trinajstić information content (AvgIpc) is 2.73. The van der Waals surface area contributed by atoms with E-state index in [0.717, 1.165) is 11.1 Å². The van der Waals surface area contributed by atoms with Crippen LogP contribution in [0.1, 0.15) is 23.6 Å². The third-order valence-corrected chi connectivity index (χ3v) is 5.82. The summed E-state index contributed by atoms with van der Waals surface area (Å²) < 4.78 is 12.5. The number of nitrogens with zero attached hydrogens (tertiary/aromatic N) is 1. The van der Waals surface area contributed by atoms with E-state index in [0.29, 0.717) is 48.8 Å². The quantitative estimate of drug-likeness (QED) is 0.224. The highest BCUT2D eigenvalue weighted by Gasteiger charge is 2.14. The van der Waals surface area contributed by atoms with Crippen molar-refractivity contribution in [2.45, 2.75) is 13.5 Å². The molecule has 0 unspecified atom stereocenters. The minimum Gasteiger partial charge on any atom is -0.490 e. The van der Waals surface area contributed by atoms with Crippen molar-refractivity contribution in [1.82, 2.24) is 0 Å². The van der Waals surface area contributed by atoms with Crippen molar-refractivity contribution in [2.24, 2.45) is 0 Å². The lowest BCUT2D eigenvalue weighted by Gasteiger charge is -2.15. The normalized spacial score (nSPS) is 11.2. The van der Waals surface area contributed by atoms with E-state index < -0.39 is 0 Å². The average molecular weight is 538 g/mol. The molecule has 0 aliphatic heterocycles. The van der Waals surface area contributed by atoms with Gasteiger partial charge in [-0.3, -0.25) is 0 Å². The van der Waals surface area contributed by atoms with Crippen LogP contribution >= 0.6 is 50.7 Å². The van der Waals surface area contributed by atoms with E-state index in [1.807, 2.05) is 43.3 Å². The minimum atomic E-state index is 0.289. The SMILES string of the molecule is CCOc1cc(/C=C(\C#N)c2ccc(Cl)cc2Cl)cc(Br)c1OCc1ccccc1Cl. The van der Waals surface area contributed by atoms with Crippen molar-refractivity contribution in [2.75, 3.05) is 6.61 Å². The van der Waals surface area contributed by atoms with Crippen LogP contribution < -0.4 is 9.47 Å². The van der Waals surface area contributed by atoms with Crippen LogP contribution in [0.4, 0.5) is 0 Å². The highest BCUT2D eigenvalue weighted by atomic mass is 79.9. The molecule has 0 atom stereocenters. The van der Waals surface area contributed by atoms with Gasteiger partial charge in [0, 0.05) is 21.2 Å². The van der Waals surface area contributed by atoms with Gasteiger partial charge in [-0.15, -0.1) is 0 Å². The van der Waals surface area contributed by atoms with E-state index in [1.165, 1.54) is 0 Å². The zero-order valence-electron chi connectivity index (χ0n) is 16.5. The number of halogens is 4. The van der Waals surface area contributed by atoms with Crippen LogP contribution in [0.2, 0.25) is 15.1 Å². The van der Waals surface area contributed by atoms with Gasteiger partial charge in [0.1, 0.15) is 6.61 Å². The molecular formula is C24H17BrCl3NO2. The molecule has 0 radical (unpaired) electrons. The summed E-state index contributed by atoms with van der Waals surface area (Å²) in [6.45, 7) is 2.63. The molecule has 3 rings (SSSR count). The topological polar surface area (TPSA) is 42.2 Å². The van der Waals surface area contributed by atoms with Crippen LogP contribution in [0.3, 0.4) is 0 Å². The molecule has 3 aromatic rings. The van der Waals surface area contributed by atoms with Crippen molar-refractivity contribution in [3.8, 4) is 17.6 Å². The Morgan fingerprint density at radius 3 is 2.48 bits per heavy atom. The van der Waals surface area contributed by atoms with Gasteiger partial charge in [0.05, 0.1) is 27.7 Å². The first kappa shape index (κ1) is 23.5. The molecule has 3 aromatic carbocycles. The van der Waals surface area contributed by atoms with Crippen LogP contribution in [-0.4, -0.2) is 6.61 Å². The Morgan fingerprint density at radius 1 is 1.03 bits per heavy atom. The third-order valence-electron chi connectivity index (χ3n) is 4.31. The van der Waals surface area contributed by atoms with E-state index in [9.17, 15) is 5.26 Å². The summed E-state index contributed by atoms with van der Waals surface area (Å²) in [7, 11) is 0. The van der Waals surface area contributed by atoms with Gasteiger partial charge >= 0.3 is 0 Å². The monoisotopic (exact) mass is 535 g/mol. The van der Waals surface area contributed by atoms with Gasteiger partial charge in [-0.25, -0.2) is 0 Å². The van der Waals surface area contributed by atoms with Crippen molar-refractivity contribution in [1.29, 1.82) is 5.26 Å². The van der Waals surface area contributed by atoms with Crippen LogP contribution in [0.5, 0.6) is 11.5 Å². The highest BCUT2D eigenvalue weighted by molar-refractivity contribution is 9.10. The minimum absolute atomic E-state index is 0.289. The molecule has 3 nitrogen and oxygen atoms in total. The second kappa shape index (κ2) is 10.9. The van der Waals surface area contributed by atoms with Crippen molar-refractivity contribution in [3.05, 3.63) is 90.8 Å². The molecular weight excluding hydrogens is 521 g/mol. The highest BCUT2D eigenvalue weighted by Crippen LogP contribution is 2.39. The van der Waals surface area contributed by atoms with Crippen molar-refractivity contribution >= 4 is 62.4 Å². The van der Waals surface area contributed by atoms with Crippen LogP contribution in [0.25, 0.3) is 11.6 Å². The molecule has 0 spiro atoms. The van der Waals surface area contributed by atoms with Gasteiger partial charge in [0.15, 0.2) is 11.5 Å². The fourth-order valence-corrected chi connectivity index (χ4v) is 4.16. The smallest absolute Gasteiger partial charge is 0.175 e. The summed E-state index contributed by atoms with van der Waals surface area (Å²) in [5.41, 5.74) is 2.62. The lowest BCUT2D eigenvalue weighted by molar-refractivity contribution is 0.267. The number of hydrogen-bond acceptors (Lipinski definition) is 3. The second-order valence-electron chi connectivity index (χ2n) is 6.44. The molecule has 0 saturated carbocycles. The lowest BCUT2D eigenvalue weighted by atomic mass is 10.0. The molecule has 0 amide bonds. The van der Waals surface area contributed by atoms with Gasteiger partial charge in [0.25, 0.3) is 0 Å². The Hall–Kier alpha value is -2.16. The number of hydrogen-bond donors (Lipinski definition) is 0. The van der Waals surface area contributed by atoms with Gasteiger partial charge in [-0.1, -0.05) is 59.1 Å². The first-order valence-corrected chi connectivity index (χ1v) is 11.3. The summed E-state index contributed by atoms with van der Waals surface area (Å²) in [5.74, 6) is 1.11. The van der Waals surface area contributed by atoms with E-state index in [-0.39, 0.29) is 6.61 Å². The lowest BCUT2D eigenvalue weighted by Crippen LogP contribution is -2.01. The Labute approximate surface area is 204 Å². The summed E-state index contributed by atoms with van der Waals surface area (Å²) in [4.78, 5) is 0. The molecule has 158 valence electrons. The first-order valence-electron chi connectivity index (χ1n) is 9.32. The molecule has 0 aliphatic carbocycles. The maximum Gasteiger partial charge on any atom is 0.175 e. The van der Waals surface area contributed by atoms with Gasteiger partial charge in [-0.2, -0.15) is 5.26 Å². The van der Waals surface area contributed by atoms with Gasteiger partial charge in [0.2, 0.25) is 0 Å². The molecule has 31 heavy (non-hydrogen) atoms. The van der Waals surface area contributed by atoms with E-state index in [1.54, 1.807) is 24.3 Å². The molecule has 0 N–H and O–H groups in total. The third kappa shape index (κ3) is 5.96. The summed E-state index contributed by atoms with van der Waals surface area (Å²) >= 11 is 22.0. The van der Waals surface area contributed by atoms with Crippen LogP contribution in [-0.2, 0) is 6.61 Å². The van der Waals surface area contributed by atoms with E-state index in [4.69, 9.17) is 44.3 Å². The molecule has 0 heterocycles. The van der Waals surface area contributed by atoms with E-state index >= 15 is 0 Å². The maximum absolute atomic E-state index is 9.68. The Morgan fingerprint density at radius 2 is 1.81 bits per heavy atom. The number of rotatable bonds is 7. The Balaban J connectivity index is 1.96. The van der Waals surface area contributed by atoms with Crippen molar-refractivity contribution in [3.63, 3.8) is 0 Å². The predicted molar refractivity (Wildman–Crippen MR) is 131 cm³/mol. The largest absolute Gasteiger partial charge is 0.490 e. The predicted octanol–water partition coefficient (Wildman–Crippen LogP) is 8.45. The van der Waals surface area contributed by atoms with Gasteiger partial charge in [-0.05, 0) is 64.8 Å². The maximum atomic E-state index is 9.68. The number of benzene rings is 3. The standard InChI is InChI=1S/C24H17BrCl3NO2/c1-2-30-23-11-15(9-17(13-29)19-8-7-18(26)12-22(19)28)10-20(25)24(23)31-14-16-5-3-4-6-21(16)27/h3-12H,2,14H2,1H3/b17-9+. The molecule has 0 bridgehead atoms. The molecule has 7 heteroatoms. The number of allylic oxidation sites excluding steroid dienone is 1. The zero-order chi connectivity index (χ0) is 22.4. The Kier molecular flexibility index (Phi) is 8.28. The second-order valence-corrected chi connectivity index (χ2v) is 8.54. The summed E-state index contributed by atoms with van der Waals surface area (Å²) in [6, 6.07) is 18.4. The fourth-order valence-electron chi connectivity index (χ4n) is 2.88. The van der Waals surface area contributed by atoms with Crippen LogP contribution in [0.15, 0.2) is 59.1 Å². The van der Waals surface area contributed by atoms with E-state index in [2.05, 4.69) is 22.0 Å². The summed E-state index contributed by atoms with van der Waals surface area (Å²) in [6.07, 6.45) is 1.74. The number of nitriles is 1. The molecule has 0 aromatic heterocycles. The zero-order valence-corrected chi connectivity index (χ0v) is 20.3. The number of ether oxygens (including phenoxy) is 2. The summed E-state index contributed by atoms with van der Waals surface area (Å²) in [5, 5.41) is 11.2. The molecule has 0 aliphatic rings. The molecule has 0 saturated heterocycles. The molecule has 0 fully saturated rings. The Bertz CT molecular complexity index is 1170. The first-order chi connectivity index (χ1) is 14.9. The fraction of sp³-hybridized carbons (Fsp3) is 0.125. The van der Waals surface area contributed by atoms with Crippen molar-refractivity contribution < 1.29 is 9.47 Å².